The number of hydrazine groups is 1. The summed E-state index contributed by atoms with van der Waals surface area (Å²) in [6.07, 6.45) is 0.658. The minimum atomic E-state index is -0.245. The van der Waals surface area contributed by atoms with E-state index in [1.54, 1.807) is 0 Å². The van der Waals surface area contributed by atoms with E-state index in [1.165, 1.54) is 12.1 Å². The lowest BCUT2D eigenvalue weighted by molar-refractivity contribution is -0.0448. The molecule has 1 aromatic rings. The second-order valence-corrected chi connectivity index (χ2v) is 5.97. The van der Waals surface area contributed by atoms with Crippen molar-refractivity contribution < 1.29 is 9.13 Å². The van der Waals surface area contributed by atoms with E-state index in [9.17, 15) is 4.39 Å². The number of nitrogens with zero attached hydrogens (tertiary/aromatic N) is 1. The van der Waals surface area contributed by atoms with Crippen molar-refractivity contribution in [3.05, 3.63) is 34.1 Å². The SMILES string of the molecule is CCN1CCOC(C(Cc2cc(F)cc(Br)c2)NN)C1. The first-order valence-electron chi connectivity index (χ1n) is 6.87. The predicted octanol–water partition coefficient (Wildman–Crippen LogP) is 1.68. The Morgan fingerprint density at radius 2 is 2.35 bits per heavy atom. The normalized spacial score (nSPS) is 21.9. The van der Waals surface area contributed by atoms with Crippen LogP contribution >= 0.6 is 15.9 Å². The Morgan fingerprint density at radius 1 is 1.55 bits per heavy atom. The summed E-state index contributed by atoms with van der Waals surface area (Å²) in [6, 6.07) is 4.87. The summed E-state index contributed by atoms with van der Waals surface area (Å²) in [5, 5.41) is 0. The third-order valence-corrected chi connectivity index (χ3v) is 4.12. The molecule has 20 heavy (non-hydrogen) atoms. The van der Waals surface area contributed by atoms with Crippen LogP contribution in [0.2, 0.25) is 0 Å². The van der Waals surface area contributed by atoms with Gasteiger partial charge in [0.2, 0.25) is 0 Å². The molecular formula is C14H21BrFN3O. The fraction of sp³-hybridized carbons (Fsp3) is 0.571. The third-order valence-electron chi connectivity index (χ3n) is 3.67. The number of morpholine rings is 1. The number of rotatable bonds is 5. The summed E-state index contributed by atoms with van der Waals surface area (Å²) in [5.74, 6) is 5.41. The van der Waals surface area contributed by atoms with Crippen LogP contribution in [0.3, 0.4) is 0 Å². The number of hydrogen-bond donors (Lipinski definition) is 2. The van der Waals surface area contributed by atoms with Crippen LogP contribution in [0.15, 0.2) is 22.7 Å². The molecule has 1 heterocycles. The lowest BCUT2D eigenvalue weighted by Crippen LogP contribution is -2.54. The van der Waals surface area contributed by atoms with Crippen molar-refractivity contribution in [2.24, 2.45) is 5.84 Å². The number of benzene rings is 1. The van der Waals surface area contributed by atoms with E-state index >= 15 is 0 Å². The summed E-state index contributed by atoms with van der Waals surface area (Å²) < 4.78 is 20.0. The monoisotopic (exact) mass is 345 g/mol. The molecule has 2 atom stereocenters. The summed E-state index contributed by atoms with van der Waals surface area (Å²) in [6.45, 7) is 5.65. The van der Waals surface area contributed by atoms with Gasteiger partial charge in [-0.05, 0) is 36.7 Å². The number of nitrogens with one attached hydrogen (secondary N) is 1. The van der Waals surface area contributed by atoms with Crippen LogP contribution in [0, 0.1) is 5.82 Å². The lowest BCUT2D eigenvalue weighted by Gasteiger charge is -2.36. The number of halogens is 2. The van der Waals surface area contributed by atoms with Gasteiger partial charge in [-0.2, -0.15) is 0 Å². The Hall–Kier alpha value is -0.530. The molecule has 3 N–H and O–H groups in total. The molecular weight excluding hydrogens is 325 g/mol. The fourth-order valence-corrected chi connectivity index (χ4v) is 3.06. The molecule has 1 fully saturated rings. The highest BCUT2D eigenvalue weighted by Gasteiger charge is 2.27. The minimum absolute atomic E-state index is 0.0238. The second-order valence-electron chi connectivity index (χ2n) is 5.06. The van der Waals surface area contributed by atoms with Gasteiger partial charge in [0.15, 0.2) is 0 Å². The molecule has 0 saturated carbocycles. The van der Waals surface area contributed by atoms with Gasteiger partial charge >= 0.3 is 0 Å². The van der Waals surface area contributed by atoms with Gasteiger partial charge in [0.25, 0.3) is 0 Å². The van der Waals surface area contributed by atoms with E-state index in [0.29, 0.717) is 13.0 Å². The highest BCUT2D eigenvalue weighted by atomic mass is 79.9. The van der Waals surface area contributed by atoms with E-state index < -0.39 is 0 Å². The number of ether oxygens (including phenoxy) is 1. The predicted molar refractivity (Wildman–Crippen MR) is 80.8 cm³/mol. The van der Waals surface area contributed by atoms with Gasteiger partial charge in [-0.1, -0.05) is 22.9 Å². The van der Waals surface area contributed by atoms with Gasteiger partial charge in [-0.25, -0.2) is 4.39 Å². The molecule has 0 radical (unpaired) electrons. The van der Waals surface area contributed by atoms with Gasteiger partial charge < -0.3 is 4.74 Å². The van der Waals surface area contributed by atoms with Gasteiger partial charge in [-0.3, -0.25) is 16.2 Å². The van der Waals surface area contributed by atoms with Gasteiger partial charge in [0.05, 0.1) is 18.8 Å². The quantitative estimate of drug-likeness (QED) is 0.629. The first-order chi connectivity index (χ1) is 9.62. The third kappa shape index (κ3) is 4.23. The van der Waals surface area contributed by atoms with Crippen molar-refractivity contribution in [3.63, 3.8) is 0 Å². The molecule has 0 aromatic heterocycles. The van der Waals surface area contributed by atoms with Crippen molar-refractivity contribution >= 4 is 15.9 Å². The van der Waals surface area contributed by atoms with E-state index in [1.807, 2.05) is 6.07 Å². The van der Waals surface area contributed by atoms with Gasteiger partial charge in [0, 0.05) is 17.6 Å². The van der Waals surface area contributed by atoms with Crippen LogP contribution in [0.4, 0.5) is 4.39 Å². The molecule has 1 aromatic carbocycles. The minimum Gasteiger partial charge on any atom is -0.374 e. The lowest BCUT2D eigenvalue weighted by atomic mass is 10.0. The molecule has 1 aliphatic rings. The van der Waals surface area contributed by atoms with Crippen molar-refractivity contribution in [1.29, 1.82) is 0 Å². The number of nitrogens with two attached hydrogens (primary N) is 1. The molecule has 2 rings (SSSR count). The fourth-order valence-electron chi connectivity index (χ4n) is 2.54. The second kappa shape index (κ2) is 7.47. The molecule has 1 saturated heterocycles. The summed E-state index contributed by atoms with van der Waals surface area (Å²) in [5.41, 5.74) is 3.71. The standard InChI is InChI=1S/C14H21BrFN3O/c1-2-19-3-4-20-14(9-19)13(18-17)7-10-5-11(15)8-12(16)6-10/h5-6,8,13-14,18H,2-4,7,9,17H2,1H3. The van der Waals surface area contributed by atoms with Crippen LogP contribution in [-0.4, -0.2) is 43.3 Å². The Kier molecular flexibility index (Phi) is 5.92. The smallest absolute Gasteiger partial charge is 0.124 e. The van der Waals surface area contributed by atoms with Crippen LogP contribution < -0.4 is 11.3 Å². The van der Waals surface area contributed by atoms with E-state index in [0.717, 1.165) is 29.7 Å². The van der Waals surface area contributed by atoms with Crippen molar-refractivity contribution in [3.8, 4) is 0 Å². The first-order valence-corrected chi connectivity index (χ1v) is 7.66. The Labute approximate surface area is 127 Å². The topological polar surface area (TPSA) is 50.5 Å². The van der Waals surface area contributed by atoms with Gasteiger partial charge in [0.1, 0.15) is 5.82 Å². The first kappa shape index (κ1) is 15.9. The highest BCUT2D eigenvalue weighted by Crippen LogP contribution is 2.18. The van der Waals surface area contributed by atoms with Gasteiger partial charge in [-0.15, -0.1) is 0 Å². The molecule has 0 bridgehead atoms. The van der Waals surface area contributed by atoms with Crippen LogP contribution in [0.1, 0.15) is 12.5 Å². The molecule has 0 aliphatic carbocycles. The Bertz CT molecular complexity index is 426. The zero-order valence-corrected chi connectivity index (χ0v) is 13.2. The average Bonchev–Trinajstić information content (AvgIpc) is 2.44. The highest BCUT2D eigenvalue weighted by molar-refractivity contribution is 9.10. The Balaban J connectivity index is 2.04. The number of hydrogen-bond acceptors (Lipinski definition) is 4. The maximum Gasteiger partial charge on any atom is 0.124 e. The van der Waals surface area contributed by atoms with Crippen molar-refractivity contribution in [2.75, 3.05) is 26.2 Å². The van der Waals surface area contributed by atoms with Crippen molar-refractivity contribution in [1.82, 2.24) is 10.3 Å². The maximum atomic E-state index is 13.4. The molecule has 6 heteroatoms. The number of likely N-dealkylation sites (N-methyl/N-ethyl adjacent to an activating group) is 1. The molecule has 112 valence electrons. The maximum absolute atomic E-state index is 13.4. The van der Waals surface area contributed by atoms with E-state index in [4.69, 9.17) is 10.6 Å². The summed E-state index contributed by atoms with van der Waals surface area (Å²) in [7, 11) is 0. The zero-order chi connectivity index (χ0) is 14.5. The van der Waals surface area contributed by atoms with Crippen molar-refractivity contribution in [2.45, 2.75) is 25.5 Å². The summed E-state index contributed by atoms with van der Waals surface area (Å²) >= 11 is 3.31. The van der Waals surface area contributed by atoms with E-state index in [-0.39, 0.29) is 18.0 Å². The van der Waals surface area contributed by atoms with Crippen LogP contribution in [-0.2, 0) is 11.2 Å². The van der Waals surface area contributed by atoms with Crippen LogP contribution in [0.25, 0.3) is 0 Å². The molecule has 4 nitrogen and oxygen atoms in total. The molecule has 0 amide bonds. The van der Waals surface area contributed by atoms with E-state index in [2.05, 4.69) is 33.2 Å². The molecule has 1 aliphatic heterocycles. The largest absolute Gasteiger partial charge is 0.374 e. The van der Waals surface area contributed by atoms with Crippen LogP contribution in [0.5, 0.6) is 0 Å². The average molecular weight is 346 g/mol. The summed E-state index contributed by atoms with van der Waals surface area (Å²) in [4.78, 5) is 2.33. The molecule has 2 unspecified atom stereocenters. The Morgan fingerprint density at radius 3 is 3.00 bits per heavy atom. The molecule has 0 spiro atoms. The zero-order valence-electron chi connectivity index (χ0n) is 11.6.